The summed E-state index contributed by atoms with van der Waals surface area (Å²) < 4.78 is 5.58. The van der Waals surface area contributed by atoms with Crippen molar-refractivity contribution in [2.45, 2.75) is 53.1 Å². The molecule has 1 rings (SSSR count). The molecule has 0 amide bonds. The lowest BCUT2D eigenvalue weighted by Gasteiger charge is -2.40. The number of esters is 1. The fourth-order valence-electron chi connectivity index (χ4n) is 2.27. The van der Waals surface area contributed by atoms with Crippen molar-refractivity contribution in [1.29, 1.82) is 0 Å². The van der Waals surface area contributed by atoms with Gasteiger partial charge >= 0.3 is 5.97 Å². The van der Waals surface area contributed by atoms with Gasteiger partial charge in [0.25, 0.3) is 0 Å². The third-order valence-electron chi connectivity index (χ3n) is 3.41. The zero-order chi connectivity index (χ0) is 12.4. The predicted molar refractivity (Wildman–Crippen MR) is 65.2 cm³/mol. The molecule has 94 valence electrons. The van der Waals surface area contributed by atoms with Crippen LogP contribution in [-0.4, -0.2) is 24.7 Å². The van der Waals surface area contributed by atoms with Crippen LogP contribution in [0.5, 0.6) is 0 Å². The first-order valence-electron chi connectivity index (χ1n) is 6.22. The smallest absolute Gasteiger partial charge is 0.312 e. The van der Waals surface area contributed by atoms with Crippen LogP contribution in [0.4, 0.5) is 0 Å². The summed E-state index contributed by atoms with van der Waals surface area (Å²) in [6.07, 6.45) is 1.78. The number of hydrogen-bond acceptors (Lipinski definition) is 3. The van der Waals surface area contributed by atoms with Crippen LogP contribution >= 0.6 is 0 Å². The second kappa shape index (κ2) is 4.74. The Balaban J connectivity index is 2.81. The van der Waals surface area contributed by atoms with E-state index in [1.807, 2.05) is 20.8 Å². The lowest BCUT2D eigenvalue weighted by Crippen LogP contribution is -2.48. The molecule has 0 radical (unpaired) electrons. The Labute approximate surface area is 98.9 Å². The van der Waals surface area contributed by atoms with Crippen LogP contribution in [0.2, 0.25) is 0 Å². The van der Waals surface area contributed by atoms with Crippen molar-refractivity contribution in [3.8, 4) is 0 Å². The van der Waals surface area contributed by atoms with Crippen molar-refractivity contribution in [2.24, 2.45) is 11.3 Å². The molecule has 0 atom stereocenters. The first kappa shape index (κ1) is 13.5. The van der Waals surface area contributed by atoms with E-state index >= 15 is 0 Å². The molecule has 0 aromatic carbocycles. The zero-order valence-corrected chi connectivity index (χ0v) is 11.2. The van der Waals surface area contributed by atoms with Gasteiger partial charge in [-0.2, -0.15) is 0 Å². The fraction of sp³-hybridized carbons (Fsp3) is 0.923. The molecular formula is C13H25NO2. The second-order valence-electron chi connectivity index (χ2n) is 6.06. The van der Waals surface area contributed by atoms with Crippen molar-refractivity contribution in [1.82, 2.24) is 5.32 Å². The Morgan fingerprint density at radius 1 is 1.25 bits per heavy atom. The lowest BCUT2D eigenvalue weighted by atomic mass is 9.70. The molecule has 0 spiro atoms. The molecule has 1 aliphatic heterocycles. The summed E-state index contributed by atoms with van der Waals surface area (Å²) in [5.41, 5.74) is -0.664. The van der Waals surface area contributed by atoms with Crippen molar-refractivity contribution >= 4 is 5.97 Å². The third-order valence-corrected chi connectivity index (χ3v) is 3.41. The van der Waals surface area contributed by atoms with Crippen LogP contribution in [0, 0.1) is 11.3 Å². The number of rotatable bonds is 2. The normalized spacial score (nSPS) is 20.9. The van der Waals surface area contributed by atoms with Crippen LogP contribution in [-0.2, 0) is 9.53 Å². The molecule has 16 heavy (non-hydrogen) atoms. The Kier molecular flexibility index (Phi) is 4.00. The number of carbonyl (C=O) groups is 1. The van der Waals surface area contributed by atoms with Gasteiger partial charge < -0.3 is 10.1 Å². The molecule has 0 unspecified atom stereocenters. The van der Waals surface area contributed by atoms with Gasteiger partial charge in [-0.25, -0.2) is 0 Å². The minimum absolute atomic E-state index is 0.0171. The van der Waals surface area contributed by atoms with E-state index in [0.717, 1.165) is 25.9 Å². The summed E-state index contributed by atoms with van der Waals surface area (Å²) in [7, 11) is 0. The maximum Gasteiger partial charge on any atom is 0.312 e. The molecule has 1 heterocycles. The van der Waals surface area contributed by atoms with Crippen LogP contribution in [0.1, 0.15) is 47.5 Å². The van der Waals surface area contributed by atoms with Gasteiger partial charge in [0.1, 0.15) is 5.60 Å². The first-order valence-corrected chi connectivity index (χ1v) is 6.22. The van der Waals surface area contributed by atoms with Gasteiger partial charge in [0.2, 0.25) is 0 Å². The van der Waals surface area contributed by atoms with E-state index in [0.29, 0.717) is 5.92 Å². The van der Waals surface area contributed by atoms with E-state index in [9.17, 15) is 4.79 Å². The van der Waals surface area contributed by atoms with Crippen molar-refractivity contribution in [3.63, 3.8) is 0 Å². The van der Waals surface area contributed by atoms with Gasteiger partial charge in [-0.1, -0.05) is 13.8 Å². The van der Waals surface area contributed by atoms with Gasteiger partial charge in [-0.3, -0.25) is 4.79 Å². The fourth-order valence-corrected chi connectivity index (χ4v) is 2.27. The monoisotopic (exact) mass is 227 g/mol. The average Bonchev–Trinajstić information content (AvgIpc) is 2.16. The molecule has 0 aliphatic carbocycles. The van der Waals surface area contributed by atoms with E-state index < -0.39 is 0 Å². The molecule has 1 aliphatic rings. The third kappa shape index (κ3) is 2.97. The topological polar surface area (TPSA) is 38.3 Å². The highest BCUT2D eigenvalue weighted by Crippen LogP contribution is 2.39. The SMILES string of the molecule is CC(C)C1(C(=O)OC(C)(C)C)CCNCC1. The van der Waals surface area contributed by atoms with Crippen molar-refractivity contribution < 1.29 is 9.53 Å². The molecule has 1 N–H and O–H groups in total. The molecule has 3 heteroatoms. The second-order valence-corrected chi connectivity index (χ2v) is 6.06. The van der Waals surface area contributed by atoms with Crippen molar-refractivity contribution in [3.05, 3.63) is 0 Å². The summed E-state index contributed by atoms with van der Waals surface area (Å²) in [6.45, 7) is 11.9. The first-order chi connectivity index (χ1) is 7.28. The van der Waals surface area contributed by atoms with Crippen LogP contribution < -0.4 is 5.32 Å². The molecule has 1 saturated heterocycles. The highest BCUT2D eigenvalue weighted by Gasteiger charge is 2.44. The van der Waals surface area contributed by atoms with E-state index in [4.69, 9.17) is 4.74 Å². The molecule has 0 bridgehead atoms. The minimum atomic E-state index is -0.385. The number of nitrogens with one attached hydrogen (secondary N) is 1. The summed E-state index contributed by atoms with van der Waals surface area (Å²) in [4.78, 5) is 12.3. The van der Waals surface area contributed by atoms with Crippen LogP contribution in [0.3, 0.4) is 0 Å². The Hall–Kier alpha value is -0.570. The quantitative estimate of drug-likeness (QED) is 0.736. The van der Waals surface area contributed by atoms with E-state index in [2.05, 4.69) is 19.2 Å². The van der Waals surface area contributed by atoms with Gasteiger partial charge in [-0.05, 0) is 52.6 Å². The van der Waals surface area contributed by atoms with Crippen LogP contribution in [0.25, 0.3) is 0 Å². The highest BCUT2D eigenvalue weighted by atomic mass is 16.6. The van der Waals surface area contributed by atoms with Crippen molar-refractivity contribution in [2.75, 3.05) is 13.1 Å². The molecule has 0 aromatic rings. The Morgan fingerprint density at radius 3 is 2.12 bits per heavy atom. The molecule has 1 fully saturated rings. The predicted octanol–water partition coefficient (Wildman–Crippen LogP) is 2.35. The van der Waals surface area contributed by atoms with E-state index in [1.54, 1.807) is 0 Å². The Morgan fingerprint density at radius 2 is 1.75 bits per heavy atom. The highest BCUT2D eigenvalue weighted by molar-refractivity contribution is 5.77. The lowest BCUT2D eigenvalue weighted by molar-refractivity contribution is -0.173. The maximum atomic E-state index is 12.3. The number of piperidine rings is 1. The number of carbonyl (C=O) groups excluding carboxylic acids is 1. The summed E-state index contributed by atoms with van der Waals surface area (Å²) in [5.74, 6) is 0.320. The summed E-state index contributed by atoms with van der Waals surface area (Å²) >= 11 is 0. The number of hydrogen-bond donors (Lipinski definition) is 1. The average molecular weight is 227 g/mol. The van der Waals surface area contributed by atoms with Gasteiger partial charge in [0.05, 0.1) is 5.41 Å². The molecular weight excluding hydrogens is 202 g/mol. The Bertz CT molecular complexity index is 247. The molecule has 0 aromatic heterocycles. The van der Waals surface area contributed by atoms with Gasteiger partial charge in [0, 0.05) is 0 Å². The van der Waals surface area contributed by atoms with E-state index in [-0.39, 0.29) is 17.0 Å². The zero-order valence-electron chi connectivity index (χ0n) is 11.2. The standard InChI is InChI=1S/C13H25NO2/c1-10(2)13(6-8-14-9-7-13)11(15)16-12(3,4)5/h10,14H,6-9H2,1-5H3. The minimum Gasteiger partial charge on any atom is -0.460 e. The van der Waals surface area contributed by atoms with E-state index in [1.165, 1.54) is 0 Å². The number of ether oxygens (including phenoxy) is 1. The maximum absolute atomic E-state index is 12.3. The van der Waals surface area contributed by atoms with Gasteiger partial charge in [-0.15, -0.1) is 0 Å². The molecule has 3 nitrogen and oxygen atoms in total. The summed E-state index contributed by atoms with van der Waals surface area (Å²) in [5, 5.41) is 3.30. The van der Waals surface area contributed by atoms with Crippen LogP contribution in [0.15, 0.2) is 0 Å². The summed E-state index contributed by atoms with van der Waals surface area (Å²) in [6, 6.07) is 0. The van der Waals surface area contributed by atoms with Gasteiger partial charge in [0.15, 0.2) is 0 Å². The largest absolute Gasteiger partial charge is 0.460 e. The molecule has 0 saturated carbocycles.